The average molecular weight is 355 g/mol. The zero-order chi connectivity index (χ0) is 18.5. The quantitative estimate of drug-likeness (QED) is 0.699. The Morgan fingerprint density at radius 3 is 2.96 bits per heavy atom. The molecule has 136 valence electrons. The third kappa shape index (κ3) is 3.65. The molecule has 0 radical (unpaired) electrons. The SMILES string of the molecule is CC[C@H](COC)NC(=O)c1cnn(-c2nccc(-c3ccco3)n2)c1C. The lowest BCUT2D eigenvalue weighted by Crippen LogP contribution is -2.37. The van der Waals surface area contributed by atoms with Gasteiger partial charge in [-0.25, -0.2) is 14.6 Å². The van der Waals surface area contributed by atoms with E-state index in [2.05, 4.69) is 20.4 Å². The standard InChI is InChI=1S/C18H21N5O3/c1-4-13(11-25-3)21-17(24)14-10-20-23(12(14)2)18-19-8-7-15(22-18)16-6-5-9-26-16/h5-10,13H,4,11H2,1-3H3,(H,21,24)/t13-/m1/s1. The van der Waals surface area contributed by atoms with Gasteiger partial charge >= 0.3 is 0 Å². The van der Waals surface area contributed by atoms with Crippen LogP contribution in [0, 0.1) is 6.92 Å². The van der Waals surface area contributed by atoms with Crippen molar-refractivity contribution in [2.75, 3.05) is 13.7 Å². The van der Waals surface area contributed by atoms with Crippen LogP contribution in [0.5, 0.6) is 0 Å². The summed E-state index contributed by atoms with van der Waals surface area (Å²) >= 11 is 0. The van der Waals surface area contributed by atoms with Crippen LogP contribution in [0.1, 0.15) is 29.4 Å². The summed E-state index contributed by atoms with van der Waals surface area (Å²) in [4.78, 5) is 21.3. The van der Waals surface area contributed by atoms with Crippen molar-refractivity contribution < 1.29 is 13.9 Å². The molecule has 0 unspecified atom stereocenters. The molecule has 0 spiro atoms. The number of carbonyl (C=O) groups excluding carboxylic acids is 1. The molecule has 8 nitrogen and oxygen atoms in total. The zero-order valence-electron chi connectivity index (χ0n) is 15.0. The van der Waals surface area contributed by atoms with Gasteiger partial charge in [0.25, 0.3) is 11.9 Å². The largest absolute Gasteiger partial charge is 0.463 e. The third-order valence-corrected chi connectivity index (χ3v) is 4.06. The summed E-state index contributed by atoms with van der Waals surface area (Å²) in [6, 6.07) is 5.32. The summed E-state index contributed by atoms with van der Waals surface area (Å²) in [5, 5.41) is 7.23. The van der Waals surface area contributed by atoms with E-state index >= 15 is 0 Å². The van der Waals surface area contributed by atoms with Crippen LogP contribution in [0.3, 0.4) is 0 Å². The van der Waals surface area contributed by atoms with Crippen molar-refractivity contribution in [3.63, 3.8) is 0 Å². The maximum absolute atomic E-state index is 12.5. The van der Waals surface area contributed by atoms with Gasteiger partial charge in [-0.05, 0) is 31.5 Å². The molecule has 0 aliphatic rings. The molecule has 3 heterocycles. The molecule has 0 aliphatic heterocycles. The monoisotopic (exact) mass is 355 g/mol. The Kier molecular flexibility index (Phi) is 5.43. The molecule has 0 aromatic carbocycles. The normalized spacial score (nSPS) is 12.1. The van der Waals surface area contributed by atoms with Crippen LogP contribution in [0.15, 0.2) is 41.3 Å². The van der Waals surface area contributed by atoms with Crippen molar-refractivity contribution >= 4 is 5.91 Å². The van der Waals surface area contributed by atoms with E-state index in [9.17, 15) is 4.79 Å². The fraction of sp³-hybridized carbons (Fsp3) is 0.333. The Labute approximate surface area is 151 Å². The zero-order valence-corrected chi connectivity index (χ0v) is 15.0. The van der Waals surface area contributed by atoms with E-state index in [0.717, 1.165) is 6.42 Å². The van der Waals surface area contributed by atoms with E-state index in [1.165, 1.54) is 6.20 Å². The molecular formula is C18H21N5O3. The lowest BCUT2D eigenvalue weighted by Gasteiger charge is -2.15. The van der Waals surface area contributed by atoms with Gasteiger partial charge in [0.15, 0.2) is 5.76 Å². The topological polar surface area (TPSA) is 95.1 Å². The lowest BCUT2D eigenvalue weighted by atomic mass is 10.2. The molecular weight excluding hydrogens is 334 g/mol. The number of aromatic nitrogens is 4. The summed E-state index contributed by atoms with van der Waals surface area (Å²) in [6.45, 7) is 4.26. The number of methoxy groups -OCH3 is 1. The fourth-order valence-electron chi connectivity index (χ4n) is 2.57. The maximum Gasteiger partial charge on any atom is 0.255 e. The highest BCUT2D eigenvalue weighted by atomic mass is 16.5. The second-order valence-electron chi connectivity index (χ2n) is 5.81. The van der Waals surface area contributed by atoms with Gasteiger partial charge in [0, 0.05) is 13.3 Å². The van der Waals surface area contributed by atoms with Crippen LogP contribution in [0.25, 0.3) is 17.4 Å². The van der Waals surface area contributed by atoms with Gasteiger partial charge in [-0.3, -0.25) is 4.79 Å². The minimum atomic E-state index is -0.195. The van der Waals surface area contributed by atoms with Crippen LogP contribution in [-0.4, -0.2) is 45.4 Å². The second kappa shape index (κ2) is 7.92. The van der Waals surface area contributed by atoms with E-state index in [1.54, 1.807) is 36.4 Å². The van der Waals surface area contributed by atoms with Crippen LogP contribution >= 0.6 is 0 Å². The van der Waals surface area contributed by atoms with E-state index < -0.39 is 0 Å². The molecule has 26 heavy (non-hydrogen) atoms. The number of ether oxygens (including phenoxy) is 1. The van der Waals surface area contributed by atoms with Crippen molar-refractivity contribution in [1.29, 1.82) is 0 Å². The van der Waals surface area contributed by atoms with Gasteiger partial charge in [-0.2, -0.15) is 5.10 Å². The van der Waals surface area contributed by atoms with Crippen molar-refractivity contribution in [3.8, 4) is 17.4 Å². The second-order valence-corrected chi connectivity index (χ2v) is 5.81. The molecule has 0 aliphatic carbocycles. The van der Waals surface area contributed by atoms with Crippen LogP contribution in [0.2, 0.25) is 0 Å². The first-order valence-electron chi connectivity index (χ1n) is 8.35. The number of rotatable bonds is 7. The summed E-state index contributed by atoms with van der Waals surface area (Å²) in [6.07, 6.45) is 5.52. The molecule has 0 saturated heterocycles. The smallest absolute Gasteiger partial charge is 0.255 e. The number of hydrogen-bond donors (Lipinski definition) is 1. The third-order valence-electron chi connectivity index (χ3n) is 4.06. The fourth-order valence-corrected chi connectivity index (χ4v) is 2.57. The van der Waals surface area contributed by atoms with E-state index in [4.69, 9.17) is 9.15 Å². The Bertz CT molecular complexity index is 873. The van der Waals surface area contributed by atoms with Gasteiger partial charge < -0.3 is 14.5 Å². The van der Waals surface area contributed by atoms with Crippen LogP contribution in [-0.2, 0) is 4.74 Å². The lowest BCUT2D eigenvalue weighted by molar-refractivity contribution is 0.0894. The maximum atomic E-state index is 12.5. The Hall–Kier alpha value is -3.00. The van der Waals surface area contributed by atoms with E-state index in [1.807, 2.05) is 19.9 Å². The van der Waals surface area contributed by atoms with Gasteiger partial charge in [0.2, 0.25) is 0 Å². The molecule has 0 bridgehead atoms. The first-order chi connectivity index (χ1) is 12.6. The minimum absolute atomic E-state index is 0.0474. The first kappa shape index (κ1) is 17.8. The molecule has 3 aromatic rings. The van der Waals surface area contributed by atoms with Gasteiger partial charge in [-0.1, -0.05) is 6.92 Å². The summed E-state index contributed by atoms with van der Waals surface area (Å²) in [7, 11) is 1.61. The van der Waals surface area contributed by atoms with Crippen molar-refractivity contribution in [1.82, 2.24) is 25.1 Å². The Balaban J connectivity index is 1.85. The van der Waals surface area contributed by atoms with Crippen LogP contribution in [0.4, 0.5) is 0 Å². The highest BCUT2D eigenvalue weighted by molar-refractivity contribution is 5.95. The molecule has 0 fully saturated rings. The van der Waals surface area contributed by atoms with Crippen molar-refractivity contribution in [2.24, 2.45) is 0 Å². The highest BCUT2D eigenvalue weighted by Crippen LogP contribution is 2.18. The number of hydrogen-bond acceptors (Lipinski definition) is 6. The minimum Gasteiger partial charge on any atom is -0.463 e. The van der Waals surface area contributed by atoms with Crippen molar-refractivity contribution in [3.05, 3.63) is 48.1 Å². The molecule has 0 saturated carbocycles. The Morgan fingerprint density at radius 1 is 1.42 bits per heavy atom. The number of furan rings is 1. The molecule has 3 rings (SSSR count). The van der Waals surface area contributed by atoms with Gasteiger partial charge in [0.05, 0.1) is 36.4 Å². The van der Waals surface area contributed by atoms with Crippen molar-refractivity contribution in [2.45, 2.75) is 26.3 Å². The van der Waals surface area contributed by atoms with Gasteiger partial charge in [0.1, 0.15) is 5.69 Å². The van der Waals surface area contributed by atoms with E-state index in [0.29, 0.717) is 35.3 Å². The number of amides is 1. The molecule has 3 aromatic heterocycles. The molecule has 1 amide bonds. The Morgan fingerprint density at radius 2 is 2.27 bits per heavy atom. The number of carbonyl (C=O) groups is 1. The number of nitrogens with one attached hydrogen (secondary N) is 1. The molecule has 1 atom stereocenters. The average Bonchev–Trinajstić information content (AvgIpc) is 3.31. The van der Waals surface area contributed by atoms with Gasteiger partial charge in [-0.15, -0.1) is 0 Å². The summed E-state index contributed by atoms with van der Waals surface area (Å²) < 4.78 is 12.0. The molecule has 8 heteroatoms. The highest BCUT2D eigenvalue weighted by Gasteiger charge is 2.19. The van der Waals surface area contributed by atoms with Crippen LogP contribution < -0.4 is 5.32 Å². The predicted octanol–water partition coefficient (Wildman–Crippen LogP) is 2.39. The first-order valence-corrected chi connectivity index (χ1v) is 8.35. The number of nitrogens with zero attached hydrogens (tertiary/aromatic N) is 4. The summed E-state index contributed by atoms with van der Waals surface area (Å²) in [5.74, 6) is 0.820. The summed E-state index contributed by atoms with van der Waals surface area (Å²) in [5.41, 5.74) is 1.78. The molecule has 1 N–H and O–H groups in total. The van der Waals surface area contributed by atoms with E-state index in [-0.39, 0.29) is 11.9 Å². The predicted molar refractivity (Wildman–Crippen MR) is 95.0 cm³/mol.